The van der Waals surface area contributed by atoms with Gasteiger partial charge < -0.3 is 16.0 Å². The first-order chi connectivity index (χ1) is 9.66. The molecule has 1 atom stereocenters. The predicted octanol–water partition coefficient (Wildman–Crippen LogP) is 1.70. The van der Waals surface area contributed by atoms with Crippen molar-refractivity contribution in [1.82, 2.24) is 15.2 Å². The van der Waals surface area contributed by atoms with Crippen LogP contribution in [0.2, 0.25) is 0 Å². The first-order valence-electron chi connectivity index (χ1n) is 6.77. The molecule has 3 heterocycles. The first kappa shape index (κ1) is 13.3. The molecule has 0 radical (unpaired) electrons. The average Bonchev–Trinajstić information content (AvgIpc) is 3.01. The second-order valence-corrected chi connectivity index (χ2v) is 6.26. The Kier molecular flexibility index (Phi) is 3.58. The zero-order chi connectivity index (χ0) is 14.1. The molecule has 2 aromatic heterocycles. The van der Waals surface area contributed by atoms with E-state index in [4.69, 9.17) is 5.73 Å². The maximum atomic E-state index is 12.3. The van der Waals surface area contributed by atoms with Crippen LogP contribution in [0.1, 0.15) is 22.5 Å². The lowest BCUT2D eigenvalue weighted by atomic mass is 10.2. The fraction of sp³-hybridized carbons (Fsp3) is 0.429. The molecule has 3 rings (SSSR count). The molecule has 20 heavy (non-hydrogen) atoms. The number of hydrogen-bond donors (Lipinski definition) is 2. The molecule has 2 aromatic rings. The van der Waals surface area contributed by atoms with Crippen molar-refractivity contribution < 1.29 is 4.79 Å². The summed E-state index contributed by atoms with van der Waals surface area (Å²) in [4.78, 5) is 19.2. The number of aromatic nitrogens is 1. The van der Waals surface area contributed by atoms with E-state index in [9.17, 15) is 4.79 Å². The van der Waals surface area contributed by atoms with E-state index in [0.29, 0.717) is 23.2 Å². The number of nitrogens with two attached hydrogens (primary N) is 1. The number of carbonyl (C=O) groups excluding carboxylic acids is 1. The summed E-state index contributed by atoms with van der Waals surface area (Å²) in [6.07, 6.45) is 5.79. The molecule has 0 saturated carbocycles. The van der Waals surface area contributed by atoms with E-state index in [1.54, 1.807) is 12.4 Å². The zero-order valence-electron chi connectivity index (χ0n) is 11.4. The van der Waals surface area contributed by atoms with Crippen LogP contribution < -0.4 is 11.1 Å². The largest absolute Gasteiger partial charge is 0.397 e. The lowest BCUT2D eigenvalue weighted by Crippen LogP contribution is -2.38. The second kappa shape index (κ2) is 5.38. The Morgan fingerprint density at radius 3 is 3.20 bits per heavy atom. The van der Waals surface area contributed by atoms with Gasteiger partial charge in [-0.3, -0.25) is 9.78 Å². The third-order valence-electron chi connectivity index (χ3n) is 3.91. The molecular weight excluding hydrogens is 272 g/mol. The number of amides is 1. The molecule has 1 saturated heterocycles. The Hall–Kier alpha value is -1.66. The summed E-state index contributed by atoms with van der Waals surface area (Å²) in [5, 5.41) is 3.91. The summed E-state index contributed by atoms with van der Waals surface area (Å²) in [7, 11) is 2.10. The minimum absolute atomic E-state index is 0.0796. The molecule has 3 N–H and O–H groups in total. The average molecular weight is 290 g/mol. The number of nitrogen functional groups attached to an aromatic ring is 1. The smallest absolute Gasteiger partial charge is 0.263 e. The number of pyridine rings is 1. The number of likely N-dealkylation sites (tertiary alicyclic amines) is 1. The molecule has 0 bridgehead atoms. The number of hydrogen-bond acceptors (Lipinski definition) is 5. The summed E-state index contributed by atoms with van der Waals surface area (Å²) >= 11 is 1.40. The molecular formula is C14H18N4OS. The summed E-state index contributed by atoms with van der Waals surface area (Å²) in [5.41, 5.74) is 6.62. The van der Waals surface area contributed by atoms with Crippen LogP contribution in [-0.4, -0.2) is 42.0 Å². The number of carbonyl (C=O) groups is 1. The van der Waals surface area contributed by atoms with Crippen LogP contribution in [0.5, 0.6) is 0 Å². The van der Waals surface area contributed by atoms with Gasteiger partial charge >= 0.3 is 0 Å². The van der Waals surface area contributed by atoms with Crippen molar-refractivity contribution in [2.45, 2.75) is 18.9 Å². The highest BCUT2D eigenvalue weighted by atomic mass is 32.1. The highest BCUT2D eigenvalue weighted by Gasteiger charge is 2.22. The Morgan fingerprint density at radius 1 is 1.65 bits per heavy atom. The van der Waals surface area contributed by atoms with E-state index in [0.717, 1.165) is 23.1 Å². The molecule has 1 fully saturated rings. The van der Waals surface area contributed by atoms with Gasteiger partial charge in [-0.2, -0.15) is 0 Å². The monoisotopic (exact) mass is 290 g/mol. The molecule has 6 heteroatoms. The minimum Gasteiger partial charge on any atom is -0.397 e. The molecule has 1 aliphatic rings. The van der Waals surface area contributed by atoms with Crippen LogP contribution >= 0.6 is 11.3 Å². The lowest BCUT2D eigenvalue weighted by molar-refractivity contribution is 0.0948. The number of rotatable bonds is 3. The number of anilines is 1. The summed E-state index contributed by atoms with van der Waals surface area (Å²) < 4.78 is 0.952. The molecule has 0 spiro atoms. The van der Waals surface area contributed by atoms with Crippen LogP contribution in [0, 0.1) is 0 Å². The van der Waals surface area contributed by atoms with Crippen LogP contribution in [0.15, 0.2) is 18.5 Å². The van der Waals surface area contributed by atoms with E-state index in [2.05, 4.69) is 22.2 Å². The number of likely N-dealkylation sites (N-methyl/N-ethyl adjacent to an activating group) is 1. The van der Waals surface area contributed by atoms with Gasteiger partial charge in [0.05, 0.1) is 10.4 Å². The quantitative estimate of drug-likeness (QED) is 0.902. The van der Waals surface area contributed by atoms with Crippen LogP contribution in [0.3, 0.4) is 0 Å². The van der Waals surface area contributed by atoms with Gasteiger partial charge in [0.2, 0.25) is 0 Å². The van der Waals surface area contributed by atoms with E-state index in [-0.39, 0.29) is 5.91 Å². The molecule has 106 valence electrons. The van der Waals surface area contributed by atoms with E-state index in [1.807, 2.05) is 6.07 Å². The number of nitrogens with one attached hydrogen (secondary N) is 1. The highest BCUT2D eigenvalue weighted by molar-refractivity contribution is 7.21. The molecule has 1 unspecified atom stereocenters. The molecule has 1 aliphatic heterocycles. The SMILES string of the molecule is CN1CCCC1CNC(=O)c1sc2cnccc2c1N. The number of thiophene rings is 1. The molecule has 0 aromatic carbocycles. The van der Waals surface area contributed by atoms with E-state index in [1.165, 1.54) is 17.8 Å². The van der Waals surface area contributed by atoms with E-state index >= 15 is 0 Å². The first-order valence-corrected chi connectivity index (χ1v) is 7.59. The highest BCUT2D eigenvalue weighted by Crippen LogP contribution is 2.32. The Labute approximate surface area is 121 Å². The fourth-order valence-corrected chi connectivity index (χ4v) is 3.67. The van der Waals surface area contributed by atoms with Gasteiger partial charge in [0, 0.05) is 30.4 Å². The molecule has 1 amide bonds. The Bertz CT molecular complexity index is 639. The number of nitrogens with zero attached hydrogens (tertiary/aromatic N) is 2. The van der Waals surface area contributed by atoms with Crippen molar-refractivity contribution >= 4 is 33.0 Å². The molecule has 0 aliphatic carbocycles. The van der Waals surface area contributed by atoms with Gasteiger partial charge in [-0.15, -0.1) is 11.3 Å². The van der Waals surface area contributed by atoms with Crippen LogP contribution in [0.25, 0.3) is 10.1 Å². The normalized spacial score (nSPS) is 19.6. The fourth-order valence-electron chi connectivity index (χ4n) is 2.67. The van der Waals surface area contributed by atoms with Crippen molar-refractivity contribution in [3.63, 3.8) is 0 Å². The van der Waals surface area contributed by atoms with E-state index < -0.39 is 0 Å². The molecule has 5 nitrogen and oxygen atoms in total. The second-order valence-electron chi connectivity index (χ2n) is 5.20. The van der Waals surface area contributed by atoms with Crippen LogP contribution in [-0.2, 0) is 0 Å². The topological polar surface area (TPSA) is 71.2 Å². The third kappa shape index (κ3) is 2.36. The summed E-state index contributed by atoms with van der Waals surface area (Å²) in [6, 6.07) is 2.29. The van der Waals surface area contributed by atoms with Gasteiger partial charge in [-0.1, -0.05) is 0 Å². The standard InChI is InChI=1S/C14H18N4OS/c1-18-6-2-3-9(18)7-17-14(19)13-12(15)10-4-5-16-8-11(10)20-13/h4-5,8-9H,2-3,6-7,15H2,1H3,(H,17,19). The van der Waals surface area contributed by atoms with Crippen molar-refractivity contribution in [2.24, 2.45) is 0 Å². The van der Waals surface area contributed by atoms with Crippen molar-refractivity contribution in [1.29, 1.82) is 0 Å². The van der Waals surface area contributed by atoms with Crippen molar-refractivity contribution in [2.75, 3.05) is 25.9 Å². The Balaban J connectivity index is 1.74. The van der Waals surface area contributed by atoms with Gasteiger partial charge in [-0.05, 0) is 32.5 Å². The third-order valence-corrected chi connectivity index (χ3v) is 5.06. The van der Waals surface area contributed by atoms with Crippen molar-refractivity contribution in [3.8, 4) is 0 Å². The van der Waals surface area contributed by atoms with Gasteiger partial charge in [0.1, 0.15) is 4.88 Å². The van der Waals surface area contributed by atoms with Gasteiger partial charge in [-0.25, -0.2) is 0 Å². The predicted molar refractivity (Wildman–Crippen MR) is 82.0 cm³/mol. The van der Waals surface area contributed by atoms with Crippen LogP contribution in [0.4, 0.5) is 5.69 Å². The summed E-state index contributed by atoms with van der Waals surface area (Å²) in [6.45, 7) is 1.79. The maximum absolute atomic E-state index is 12.3. The number of fused-ring (bicyclic) bond motifs is 1. The minimum atomic E-state index is -0.0796. The lowest BCUT2D eigenvalue weighted by Gasteiger charge is -2.19. The maximum Gasteiger partial charge on any atom is 0.263 e. The van der Waals surface area contributed by atoms with Gasteiger partial charge in [0.15, 0.2) is 0 Å². The van der Waals surface area contributed by atoms with Crippen molar-refractivity contribution in [3.05, 3.63) is 23.3 Å². The summed E-state index contributed by atoms with van der Waals surface area (Å²) in [5.74, 6) is -0.0796. The van der Waals surface area contributed by atoms with Gasteiger partial charge in [0.25, 0.3) is 5.91 Å². The Morgan fingerprint density at radius 2 is 2.50 bits per heavy atom. The zero-order valence-corrected chi connectivity index (χ0v) is 12.2.